The van der Waals surface area contributed by atoms with Crippen molar-refractivity contribution in [3.8, 4) is 6.07 Å². The lowest BCUT2D eigenvalue weighted by Gasteiger charge is -2.26. The standard InChI is InChI=1S/C14H24N2O2S/c1-12(7-10-19(2)18)16-13(17)14(11-15)8-5-3-4-6-9-14/h12H,3-10H2,1-2H3,(H,16,17). The molecule has 0 radical (unpaired) electrons. The van der Waals surface area contributed by atoms with E-state index < -0.39 is 16.2 Å². The summed E-state index contributed by atoms with van der Waals surface area (Å²) >= 11 is 0. The second-order valence-corrected chi connectivity index (χ2v) is 7.10. The largest absolute Gasteiger partial charge is 0.352 e. The molecule has 4 nitrogen and oxygen atoms in total. The molecule has 1 aliphatic carbocycles. The van der Waals surface area contributed by atoms with Crippen LogP contribution in [0.4, 0.5) is 0 Å². The first-order valence-corrected chi connectivity index (χ1v) is 8.75. The SMILES string of the molecule is CC(CCS(C)=O)NC(=O)C1(C#N)CCCCCC1. The fourth-order valence-corrected chi connectivity index (χ4v) is 3.18. The van der Waals surface area contributed by atoms with E-state index in [1.54, 1.807) is 6.26 Å². The minimum Gasteiger partial charge on any atom is -0.352 e. The number of carbonyl (C=O) groups excluding carboxylic acids is 1. The third-order valence-electron chi connectivity index (χ3n) is 3.82. The van der Waals surface area contributed by atoms with E-state index in [1.165, 1.54) is 0 Å². The number of amides is 1. The molecule has 0 saturated heterocycles. The van der Waals surface area contributed by atoms with Crippen molar-refractivity contribution in [3.63, 3.8) is 0 Å². The zero-order chi connectivity index (χ0) is 14.3. The molecule has 0 bridgehead atoms. The van der Waals surface area contributed by atoms with Crippen LogP contribution in [0.25, 0.3) is 0 Å². The molecule has 0 aromatic rings. The highest BCUT2D eigenvalue weighted by atomic mass is 32.2. The maximum absolute atomic E-state index is 12.3. The van der Waals surface area contributed by atoms with Crippen molar-refractivity contribution in [2.75, 3.05) is 12.0 Å². The Kier molecular flexibility index (Phi) is 6.50. The summed E-state index contributed by atoms with van der Waals surface area (Å²) in [6, 6.07) is 2.23. The zero-order valence-corrected chi connectivity index (χ0v) is 12.7. The summed E-state index contributed by atoms with van der Waals surface area (Å²) < 4.78 is 11.0. The molecule has 1 amide bonds. The van der Waals surface area contributed by atoms with Gasteiger partial charge in [0.25, 0.3) is 0 Å². The van der Waals surface area contributed by atoms with E-state index in [4.69, 9.17) is 0 Å². The fourth-order valence-electron chi connectivity index (χ4n) is 2.50. The lowest BCUT2D eigenvalue weighted by atomic mass is 9.81. The third-order valence-corrected chi connectivity index (χ3v) is 4.63. The first-order chi connectivity index (χ1) is 9.00. The van der Waals surface area contributed by atoms with Gasteiger partial charge in [0.15, 0.2) is 0 Å². The highest BCUT2D eigenvalue weighted by Gasteiger charge is 2.39. The lowest BCUT2D eigenvalue weighted by Crippen LogP contribution is -2.44. The predicted octanol–water partition coefficient (Wildman–Crippen LogP) is 2.12. The van der Waals surface area contributed by atoms with Crippen LogP contribution in [0.2, 0.25) is 0 Å². The van der Waals surface area contributed by atoms with Gasteiger partial charge in [-0.3, -0.25) is 9.00 Å². The van der Waals surface area contributed by atoms with Crippen molar-refractivity contribution in [1.29, 1.82) is 5.26 Å². The van der Waals surface area contributed by atoms with Crippen molar-refractivity contribution in [2.45, 2.75) is 57.9 Å². The molecule has 1 rings (SSSR count). The van der Waals surface area contributed by atoms with Gasteiger partial charge in [-0.05, 0) is 26.2 Å². The average molecular weight is 284 g/mol. The molecule has 1 saturated carbocycles. The Morgan fingerprint density at radius 2 is 1.95 bits per heavy atom. The molecular weight excluding hydrogens is 260 g/mol. The molecule has 5 heteroatoms. The maximum atomic E-state index is 12.3. The van der Waals surface area contributed by atoms with E-state index in [1.807, 2.05) is 6.92 Å². The number of hydrogen-bond donors (Lipinski definition) is 1. The second-order valence-electron chi connectivity index (χ2n) is 5.55. The smallest absolute Gasteiger partial charge is 0.240 e. The topological polar surface area (TPSA) is 70.0 Å². The summed E-state index contributed by atoms with van der Waals surface area (Å²) in [7, 11) is -0.837. The molecule has 0 aromatic carbocycles. The summed E-state index contributed by atoms with van der Waals surface area (Å²) in [6.45, 7) is 1.91. The van der Waals surface area contributed by atoms with Gasteiger partial charge in [-0.25, -0.2) is 0 Å². The Morgan fingerprint density at radius 1 is 1.37 bits per heavy atom. The summed E-state index contributed by atoms with van der Waals surface area (Å²) in [5.74, 6) is 0.451. The monoisotopic (exact) mass is 284 g/mol. The molecule has 1 N–H and O–H groups in total. The Hall–Kier alpha value is -0.890. The van der Waals surface area contributed by atoms with E-state index in [0.29, 0.717) is 25.0 Å². The lowest BCUT2D eigenvalue weighted by molar-refractivity contribution is -0.129. The van der Waals surface area contributed by atoms with Gasteiger partial charge in [0, 0.05) is 28.9 Å². The summed E-state index contributed by atoms with van der Waals surface area (Å²) in [4.78, 5) is 12.3. The van der Waals surface area contributed by atoms with Crippen LogP contribution in [-0.2, 0) is 15.6 Å². The van der Waals surface area contributed by atoms with Gasteiger partial charge in [-0.1, -0.05) is 25.7 Å². The van der Waals surface area contributed by atoms with Gasteiger partial charge in [-0.15, -0.1) is 0 Å². The average Bonchev–Trinajstić information content (AvgIpc) is 2.62. The van der Waals surface area contributed by atoms with Crippen molar-refractivity contribution in [3.05, 3.63) is 0 Å². The zero-order valence-electron chi connectivity index (χ0n) is 11.9. The van der Waals surface area contributed by atoms with E-state index in [0.717, 1.165) is 25.7 Å². The van der Waals surface area contributed by atoms with Crippen LogP contribution in [0.1, 0.15) is 51.9 Å². The van der Waals surface area contributed by atoms with Crippen LogP contribution < -0.4 is 5.32 Å². The van der Waals surface area contributed by atoms with Crippen molar-refractivity contribution >= 4 is 16.7 Å². The van der Waals surface area contributed by atoms with Crippen LogP contribution >= 0.6 is 0 Å². The minimum absolute atomic E-state index is 0.0233. The Bertz CT molecular complexity index is 368. The molecule has 108 valence electrons. The first-order valence-electron chi connectivity index (χ1n) is 7.02. The first kappa shape index (κ1) is 16.2. The molecule has 0 spiro atoms. The molecule has 1 aliphatic rings. The number of rotatable bonds is 5. The van der Waals surface area contributed by atoms with E-state index in [-0.39, 0.29) is 11.9 Å². The summed E-state index contributed by atoms with van der Waals surface area (Å²) in [5.41, 5.74) is -0.837. The van der Waals surface area contributed by atoms with Gasteiger partial charge in [-0.2, -0.15) is 5.26 Å². The second kappa shape index (κ2) is 7.64. The minimum atomic E-state index is -0.837. The van der Waals surface area contributed by atoms with E-state index in [9.17, 15) is 14.3 Å². The number of hydrogen-bond acceptors (Lipinski definition) is 3. The molecule has 19 heavy (non-hydrogen) atoms. The van der Waals surface area contributed by atoms with Gasteiger partial charge in [0.1, 0.15) is 5.41 Å². The number of carbonyl (C=O) groups is 1. The van der Waals surface area contributed by atoms with Crippen LogP contribution in [0.5, 0.6) is 0 Å². The molecular formula is C14H24N2O2S. The Morgan fingerprint density at radius 3 is 2.42 bits per heavy atom. The van der Waals surface area contributed by atoms with Gasteiger partial charge < -0.3 is 5.32 Å². The van der Waals surface area contributed by atoms with Crippen molar-refractivity contribution in [2.24, 2.45) is 5.41 Å². The van der Waals surface area contributed by atoms with Crippen molar-refractivity contribution in [1.82, 2.24) is 5.32 Å². The van der Waals surface area contributed by atoms with Crippen LogP contribution in [0, 0.1) is 16.7 Å². The Balaban J connectivity index is 2.58. The van der Waals surface area contributed by atoms with Crippen LogP contribution in [0.15, 0.2) is 0 Å². The van der Waals surface area contributed by atoms with E-state index >= 15 is 0 Å². The van der Waals surface area contributed by atoms with Gasteiger partial charge in [0.2, 0.25) is 5.91 Å². The third kappa shape index (κ3) is 4.94. The number of nitrogens with one attached hydrogen (secondary N) is 1. The van der Waals surface area contributed by atoms with Gasteiger partial charge in [0.05, 0.1) is 6.07 Å². The molecule has 1 fully saturated rings. The summed E-state index contributed by atoms with van der Waals surface area (Å²) in [6.07, 6.45) is 7.82. The maximum Gasteiger partial charge on any atom is 0.240 e. The number of nitrogens with zero attached hydrogens (tertiary/aromatic N) is 1. The summed E-state index contributed by atoms with van der Waals surface area (Å²) in [5, 5.41) is 12.3. The Labute approximate surface area is 118 Å². The van der Waals surface area contributed by atoms with Crippen molar-refractivity contribution < 1.29 is 9.00 Å². The predicted molar refractivity (Wildman–Crippen MR) is 76.9 cm³/mol. The normalized spacial score (nSPS) is 21.7. The quantitative estimate of drug-likeness (QED) is 0.786. The number of nitriles is 1. The van der Waals surface area contributed by atoms with E-state index in [2.05, 4.69) is 11.4 Å². The van der Waals surface area contributed by atoms with Crippen LogP contribution in [0.3, 0.4) is 0 Å². The van der Waals surface area contributed by atoms with Gasteiger partial charge >= 0.3 is 0 Å². The molecule has 0 heterocycles. The molecule has 2 unspecified atom stereocenters. The molecule has 0 aliphatic heterocycles. The highest BCUT2D eigenvalue weighted by molar-refractivity contribution is 7.84. The molecule has 2 atom stereocenters. The fraction of sp³-hybridized carbons (Fsp3) is 0.857. The highest BCUT2D eigenvalue weighted by Crippen LogP contribution is 2.34. The molecule has 0 aromatic heterocycles. The van der Waals surface area contributed by atoms with Crippen LogP contribution in [-0.4, -0.2) is 28.2 Å².